The van der Waals surface area contributed by atoms with Crippen LogP contribution in [0.15, 0.2) is 223 Å². The van der Waals surface area contributed by atoms with Crippen LogP contribution in [0.25, 0.3) is 86.9 Å². The normalized spacial score (nSPS) is 13.1. The van der Waals surface area contributed by atoms with Gasteiger partial charge >= 0.3 is 0 Å². The summed E-state index contributed by atoms with van der Waals surface area (Å²) in [6.07, 6.45) is 0. The number of anilines is 3. The highest BCUT2D eigenvalue weighted by Gasteiger charge is 2.51. The Hall–Kier alpha value is -8.05. The van der Waals surface area contributed by atoms with E-state index >= 15 is 0 Å². The molecule has 298 valence electrons. The molecule has 64 heavy (non-hydrogen) atoms. The molecule has 0 aliphatic heterocycles. The van der Waals surface area contributed by atoms with Crippen molar-refractivity contribution in [3.63, 3.8) is 0 Å². The molecule has 0 saturated carbocycles. The van der Waals surface area contributed by atoms with Crippen LogP contribution >= 0.6 is 11.3 Å². The van der Waals surface area contributed by atoms with Gasteiger partial charge in [0.15, 0.2) is 5.58 Å². The van der Waals surface area contributed by atoms with Crippen LogP contribution < -0.4 is 4.90 Å². The van der Waals surface area contributed by atoms with Gasteiger partial charge in [-0.15, -0.1) is 11.3 Å². The molecular weight excluding hydrogens is 797 g/mol. The number of nitrogens with zero attached hydrogens (tertiary/aromatic N) is 2. The van der Waals surface area contributed by atoms with E-state index in [9.17, 15) is 0 Å². The van der Waals surface area contributed by atoms with Gasteiger partial charge in [0.05, 0.1) is 16.7 Å². The van der Waals surface area contributed by atoms with Crippen molar-refractivity contribution in [2.45, 2.75) is 5.41 Å². The Kier molecular flexibility index (Phi) is 7.48. The molecule has 0 bridgehead atoms. The van der Waals surface area contributed by atoms with Crippen molar-refractivity contribution in [1.29, 1.82) is 0 Å². The number of aromatic nitrogens is 1. The van der Waals surface area contributed by atoms with E-state index in [0.29, 0.717) is 5.89 Å². The molecule has 4 heteroatoms. The van der Waals surface area contributed by atoms with Crippen molar-refractivity contribution in [1.82, 2.24) is 4.98 Å². The second kappa shape index (κ2) is 13.5. The highest BCUT2D eigenvalue weighted by molar-refractivity contribution is 7.26. The minimum atomic E-state index is -0.499. The summed E-state index contributed by atoms with van der Waals surface area (Å²) in [5, 5.41) is 4.83. The maximum Gasteiger partial charge on any atom is 0.229 e. The van der Waals surface area contributed by atoms with Crippen LogP contribution in [0.5, 0.6) is 0 Å². The summed E-state index contributed by atoms with van der Waals surface area (Å²) in [6.45, 7) is 0. The molecule has 0 fully saturated rings. The molecule has 2 aromatic heterocycles. The second-order valence-electron chi connectivity index (χ2n) is 17.0. The van der Waals surface area contributed by atoms with Gasteiger partial charge in [-0.25, -0.2) is 4.98 Å². The van der Waals surface area contributed by atoms with Gasteiger partial charge in [-0.2, -0.15) is 0 Å². The molecular formula is C60H36N2OS. The quantitative estimate of drug-likeness (QED) is 0.173. The van der Waals surface area contributed by atoms with E-state index in [-0.39, 0.29) is 0 Å². The predicted octanol–water partition coefficient (Wildman–Crippen LogP) is 16.5. The summed E-state index contributed by atoms with van der Waals surface area (Å²) in [5.41, 5.74) is 17.9. The van der Waals surface area contributed by atoms with Crippen LogP contribution in [0.3, 0.4) is 0 Å². The largest absolute Gasteiger partial charge is 0.436 e. The first-order valence-electron chi connectivity index (χ1n) is 21.9. The van der Waals surface area contributed by atoms with Crippen LogP contribution in [0.1, 0.15) is 22.3 Å². The minimum absolute atomic E-state index is 0.499. The number of hydrogen-bond donors (Lipinski definition) is 0. The maximum absolute atomic E-state index is 6.74. The van der Waals surface area contributed by atoms with Gasteiger partial charge in [-0.05, 0) is 127 Å². The number of fused-ring (bicyclic) bond motifs is 15. The molecule has 3 nitrogen and oxygen atoms in total. The van der Waals surface area contributed by atoms with E-state index in [2.05, 4.69) is 199 Å². The Morgan fingerprint density at radius 3 is 1.69 bits per heavy atom. The van der Waals surface area contributed by atoms with Gasteiger partial charge < -0.3 is 9.32 Å². The van der Waals surface area contributed by atoms with Crippen molar-refractivity contribution >= 4 is 70.4 Å². The zero-order valence-electron chi connectivity index (χ0n) is 34.5. The van der Waals surface area contributed by atoms with Crippen LogP contribution in [0.4, 0.5) is 17.1 Å². The molecule has 12 aromatic rings. The topological polar surface area (TPSA) is 29.3 Å². The molecule has 0 saturated heterocycles. The SMILES string of the molecule is c1ccc(-c2ccc(N(c3ccc4c(c3)C3(c5ccccc5-c5ccccc53)c3ccccc3-4)c3c(-c4nc5ccccc5o4)ccc4sc5cc6ccccc6cc5c34)cc2)cc1. The predicted molar refractivity (Wildman–Crippen MR) is 266 cm³/mol. The standard InChI is InChI=1S/C60H36N2OS/c1-2-14-37(15-3-1)38-26-28-41(29-27-38)62(42-30-31-46-45-20-8-11-23-51(45)60(52(46)36-42)49-21-9-6-18-43(49)44-19-7-10-22-50(44)60)58-47(59-61-53-24-12-13-25-54(53)63-59)32-33-55-57(58)48-34-39-16-4-5-17-40(39)35-56(48)64-55/h1-36H. The van der Waals surface area contributed by atoms with Crippen molar-refractivity contribution < 1.29 is 4.42 Å². The van der Waals surface area contributed by atoms with E-state index in [4.69, 9.17) is 9.40 Å². The zero-order valence-corrected chi connectivity index (χ0v) is 35.3. The highest BCUT2D eigenvalue weighted by atomic mass is 32.1. The Morgan fingerprint density at radius 2 is 0.984 bits per heavy atom. The lowest BCUT2D eigenvalue weighted by atomic mass is 9.70. The molecule has 0 radical (unpaired) electrons. The molecule has 2 heterocycles. The van der Waals surface area contributed by atoms with E-state index in [1.54, 1.807) is 0 Å². The number of thiophene rings is 1. The fourth-order valence-electron chi connectivity index (χ4n) is 11.0. The van der Waals surface area contributed by atoms with Crippen molar-refractivity contribution in [2.24, 2.45) is 0 Å². The van der Waals surface area contributed by atoms with Gasteiger partial charge in [-0.1, -0.05) is 158 Å². The molecule has 2 aliphatic carbocycles. The molecule has 10 aromatic carbocycles. The first-order valence-corrected chi connectivity index (χ1v) is 22.7. The highest BCUT2D eigenvalue weighted by Crippen LogP contribution is 2.63. The van der Waals surface area contributed by atoms with E-state index in [1.165, 1.54) is 81.0 Å². The Balaban J connectivity index is 1.10. The first kappa shape index (κ1) is 35.5. The molecule has 0 unspecified atom stereocenters. The van der Waals surface area contributed by atoms with Crippen LogP contribution in [0.2, 0.25) is 0 Å². The first-order chi connectivity index (χ1) is 31.7. The second-order valence-corrected chi connectivity index (χ2v) is 18.1. The molecule has 1 spiro atoms. The van der Waals surface area contributed by atoms with Crippen molar-refractivity contribution in [3.05, 3.63) is 241 Å². The number of rotatable bonds is 5. The molecule has 0 amide bonds. The lowest BCUT2D eigenvalue weighted by Gasteiger charge is -2.33. The number of oxazole rings is 1. The van der Waals surface area contributed by atoms with Crippen molar-refractivity contribution in [3.8, 4) is 44.8 Å². The van der Waals surface area contributed by atoms with Gasteiger partial charge in [0.1, 0.15) is 5.52 Å². The minimum Gasteiger partial charge on any atom is -0.436 e. The third-order valence-electron chi connectivity index (χ3n) is 13.7. The lowest BCUT2D eigenvalue weighted by molar-refractivity contribution is 0.620. The Labute approximate surface area is 373 Å². The van der Waals surface area contributed by atoms with Gasteiger partial charge in [0.25, 0.3) is 0 Å². The summed E-state index contributed by atoms with van der Waals surface area (Å²) in [5.74, 6) is 0.591. The van der Waals surface area contributed by atoms with Crippen LogP contribution in [-0.4, -0.2) is 4.98 Å². The molecule has 14 rings (SSSR count). The average molecular weight is 833 g/mol. The summed E-state index contributed by atoms with van der Waals surface area (Å²) in [6, 6.07) is 79.9. The number of hydrogen-bond acceptors (Lipinski definition) is 4. The summed E-state index contributed by atoms with van der Waals surface area (Å²) < 4.78 is 9.18. The molecule has 0 atom stereocenters. The van der Waals surface area contributed by atoms with Gasteiger partial charge in [0, 0.05) is 31.5 Å². The number of benzene rings is 10. The summed E-state index contributed by atoms with van der Waals surface area (Å²) in [4.78, 5) is 7.67. The van der Waals surface area contributed by atoms with Gasteiger partial charge in [0.2, 0.25) is 5.89 Å². The summed E-state index contributed by atoms with van der Waals surface area (Å²) >= 11 is 1.84. The van der Waals surface area contributed by atoms with Gasteiger partial charge in [-0.3, -0.25) is 0 Å². The Bertz CT molecular complexity index is 3760. The fourth-order valence-corrected chi connectivity index (χ4v) is 12.1. The van der Waals surface area contributed by atoms with Crippen molar-refractivity contribution in [2.75, 3.05) is 4.90 Å². The third kappa shape index (κ3) is 4.94. The number of para-hydroxylation sites is 2. The monoisotopic (exact) mass is 832 g/mol. The maximum atomic E-state index is 6.74. The van der Waals surface area contributed by atoms with E-state index in [1.807, 2.05) is 35.6 Å². The fraction of sp³-hybridized carbons (Fsp3) is 0.0167. The lowest BCUT2D eigenvalue weighted by Crippen LogP contribution is -2.26. The molecule has 0 N–H and O–H groups in total. The Morgan fingerprint density at radius 1 is 0.422 bits per heavy atom. The third-order valence-corrected chi connectivity index (χ3v) is 14.8. The van der Waals surface area contributed by atoms with E-state index in [0.717, 1.165) is 39.3 Å². The van der Waals surface area contributed by atoms with Crippen LogP contribution in [-0.2, 0) is 5.41 Å². The molecule has 2 aliphatic rings. The van der Waals surface area contributed by atoms with E-state index < -0.39 is 5.41 Å². The average Bonchev–Trinajstić information content (AvgIpc) is 4.11. The smallest absolute Gasteiger partial charge is 0.229 e. The zero-order chi connectivity index (χ0) is 41.9. The summed E-state index contributed by atoms with van der Waals surface area (Å²) in [7, 11) is 0. The van der Waals surface area contributed by atoms with Crippen LogP contribution in [0, 0.1) is 0 Å².